The SMILES string of the molecule is O=C1[C@H]2[C@@H]3CC[C@@H](C3)[C@H]2Nc2ccccc2CN1Cc1ccccc1. The standard InChI is InChI=1S/C22H24N2O/c25-22-20-16-10-11-17(12-16)21(20)23-19-9-5-4-8-18(19)14-24(22)13-15-6-2-1-3-7-15/h1-9,16-17,20-21,23H,10-14H2/t16-,17+,20+,21-/m1/s1. The fourth-order valence-electron chi connectivity index (χ4n) is 5.26. The number of hydrogen-bond acceptors (Lipinski definition) is 2. The van der Waals surface area contributed by atoms with Gasteiger partial charge in [-0.15, -0.1) is 0 Å². The number of benzene rings is 2. The molecule has 25 heavy (non-hydrogen) atoms. The van der Waals surface area contributed by atoms with Crippen LogP contribution in [0.2, 0.25) is 0 Å². The van der Waals surface area contributed by atoms with Crippen molar-refractivity contribution in [3.8, 4) is 0 Å². The quantitative estimate of drug-likeness (QED) is 0.899. The summed E-state index contributed by atoms with van der Waals surface area (Å²) in [5.74, 6) is 1.72. The van der Waals surface area contributed by atoms with Crippen molar-refractivity contribution in [2.75, 3.05) is 5.32 Å². The van der Waals surface area contributed by atoms with Crippen molar-refractivity contribution in [2.24, 2.45) is 17.8 Å². The zero-order chi connectivity index (χ0) is 16.8. The van der Waals surface area contributed by atoms with Crippen LogP contribution in [0.25, 0.3) is 0 Å². The van der Waals surface area contributed by atoms with Crippen LogP contribution in [0.15, 0.2) is 54.6 Å². The van der Waals surface area contributed by atoms with E-state index < -0.39 is 0 Å². The van der Waals surface area contributed by atoms with E-state index in [0.717, 1.165) is 0 Å². The highest BCUT2D eigenvalue weighted by molar-refractivity contribution is 5.82. The smallest absolute Gasteiger partial charge is 0.228 e. The van der Waals surface area contributed by atoms with Crippen LogP contribution in [0.5, 0.6) is 0 Å². The Balaban J connectivity index is 1.53. The van der Waals surface area contributed by atoms with Gasteiger partial charge in [0.25, 0.3) is 0 Å². The fourth-order valence-corrected chi connectivity index (χ4v) is 5.26. The molecule has 2 aromatic carbocycles. The molecule has 1 amide bonds. The highest BCUT2D eigenvalue weighted by atomic mass is 16.2. The largest absolute Gasteiger partial charge is 0.381 e. The average Bonchev–Trinajstić information content (AvgIpc) is 3.23. The summed E-state index contributed by atoms with van der Waals surface area (Å²) >= 11 is 0. The second-order valence-corrected chi connectivity index (χ2v) is 7.87. The molecule has 0 radical (unpaired) electrons. The van der Waals surface area contributed by atoms with Gasteiger partial charge in [0, 0.05) is 24.8 Å². The molecule has 0 unspecified atom stereocenters. The molecule has 0 aromatic heterocycles. The summed E-state index contributed by atoms with van der Waals surface area (Å²) in [6, 6.07) is 19.2. The van der Waals surface area contributed by atoms with Gasteiger partial charge < -0.3 is 10.2 Å². The topological polar surface area (TPSA) is 32.3 Å². The van der Waals surface area contributed by atoms with E-state index in [1.165, 1.54) is 36.1 Å². The van der Waals surface area contributed by atoms with E-state index in [2.05, 4.69) is 58.7 Å². The van der Waals surface area contributed by atoms with Gasteiger partial charge in [-0.2, -0.15) is 0 Å². The summed E-state index contributed by atoms with van der Waals surface area (Å²) in [5, 5.41) is 3.76. The highest BCUT2D eigenvalue weighted by Crippen LogP contribution is 2.51. The van der Waals surface area contributed by atoms with Crippen LogP contribution < -0.4 is 5.32 Å². The Bertz CT molecular complexity index is 788. The Morgan fingerprint density at radius 2 is 1.72 bits per heavy atom. The second-order valence-electron chi connectivity index (χ2n) is 7.87. The van der Waals surface area contributed by atoms with E-state index in [0.29, 0.717) is 36.9 Å². The average molecular weight is 332 g/mol. The Morgan fingerprint density at radius 1 is 0.960 bits per heavy atom. The number of hydrogen-bond donors (Lipinski definition) is 1. The van der Waals surface area contributed by atoms with Crippen molar-refractivity contribution >= 4 is 11.6 Å². The maximum absolute atomic E-state index is 13.5. The molecule has 4 atom stereocenters. The van der Waals surface area contributed by atoms with Crippen LogP contribution in [-0.2, 0) is 17.9 Å². The molecule has 2 fully saturated rings. The lowest BCUT2D eigenvalue weighted by Gasteiger charge is -2.38. The number of para-hydroxylation sites is 1. The monoisotopic (exact) mass is 332 g/mol. The van der Waals surface area contributed by atoms with Gasteiger partial charge in [0.2, 0.25) is 5.91 Å². The van der Waals surface area contributed by atoms with E-state index in [-0.39, 0.29) is 5.92 Å². The third-order valence-electron chi connectivity index (χ3n) is 6.43. The van der Waals surface area contributed by atoms with E-state index in [9.17, 15) is 4.79 Å². The Kier molecular flexibility index (Phi) is 3.54. The Hall–Kier alpha value is -2.29. The Labute approximate surface area is 149 Å². The number of amides is 1. The molecule has 2 aromatic rings. The maximum Gasteiger partial charge on any atom is 0.228 e. The lowest BCUT2D eigenvalue weighted by atomic mass is 9.82. The number of fused-ring (bicyclic) bond motifs is 6. The first kappa shape index (κ1) is 15.0. The minimum Gasteiger partial charge on any atom is -0.381 e. The normalized spacial score (nSPS) is 30.2. The van der Waals surface area contributed by atoms with E-state index >= 15 is 0 Å². The third kappa shape index (κ3) is 2.53. The van der Waals surface area contributed by atoms with Crippen LogP contribution in [0.4, 0.5) is 5.69 Å². The number of nitrogens with zero attached hydrogens (tertiary/aromatic N) is 1. The van der Waals surface area contributed by atoms with Gasteiger partial charge in [-0.1, -0.05) is 48.5 Å². The van der Waals surface area contributed by atoms with E-state index in [4.69, 9.17) is 0 Å². The summed E-state index contributed by atoms with van der Waals surface area (Å²) in [7, 11) is 0. The van der Waals surface area contributed by atoms with Crippen LogP contribution in [0, 0.1) is 17.8 Å². The van der Waals surface area contributed by atoms with Gasteiger partial charge in [-0.3, -0.25) is 4.79 Å². The molecule has 2 bridgehead atoms. The van der Waals surface area contributed by atoms with Crippen LogP contribution in [-0.4, -0.2) is 16.8 Å². The molecule has 3 aliphatic rings. The molecule has 2 aliphatic carbocycles. The molecule has 3 heteroatoms. The highest BCUT2D eigenvalue weighted by Gasteiger charge is 2.52. The predicted molar refractivity (Wildman–Crippen MR) is 98.9 cm³/mol. The predicted octanol–water partition coefficient (Wildman–Crippen LogP) is 4.06. The first-order valence-electron chi connectivity index (χ1n) is 9.47. The minimum absolute atomic E-state index is 0.149. The minimum atomic E-state index is 0.149. The zero-order valence-corrected chi connectivity index (χ0v) is 14.4. The van der Waals surface area contributed by atoms with Crippen molar-refractivity contribution in [2.45, 2.75) is 38.4 Å². The Morgan fingerprint density at radius 3 is 2.60 bits per heavy atom. The third-order valence-corrected chi connectivity index (χ3v) is 6.43. The maximum atomic E-state index is 13.5. The molecule has 2 saturated carbocycles. The van der Waals surface area contributed by atoms with Gasteiger partial charge >= 0.3 is 0 Å². The van der Waals surface area contributed by atoms with Crippen molar-refractivity contribution < 1.29 is 4.79 Å². The van der Waals surface area contributed by atoms with Gasteiger partial charge in [0.05, 0.1) is 5.92 Å². The van der Waals surface area contributed by atoms with Crippen LogP contribution >= 0.6 is 0 Å². The molecule has 1 N–H and O–H groups in total. The first-order chi connectivity index (χ1) is 12.3. The number of anilines is 1. The molecular weight excluding hydrogens is 308 g/mol. The summed E-state index contributed by atoms with van der Waals surface area (Å²) in [6.45, 7) is 1.39. The number of nitrogens with one attached hydrogen (secondary N) is 1. The zero-order valence-electron chi connectivity index (χ0n) is 14.4. The lowest BCUT2D eigenvalue weighted by Crippen LogP contribution is -2.47. The van der Waals surface area contributed by atoms with Gasteiger partial charge in [0.1, 0.15) is 0 Å². The molecule has 1 heterocycles. The molecule has 3 nitrogen and oxygen atoms in total. The van der Waals surface area contributed by atoms with Gasteiger partial charge in [-0.25, -0.2) is 0 Å². The number of carbonyl (C=O) groups excluding carboxylic acids is 1. The molecule has 1 aliphatic heterocycles. The first-order valence-corrected chi connectivity index (χ1v) is 9.47. The number of carbonyl (C=O) groups is 1. The second kappa shape index (κ2) is 5.91. The van der Waals surface area contributed by atoms with Crippen LogP contribution in [0.1, 0.15) is 30.4 Å². The van der Waals surface area contributed by atoms with E-state index in [1.54, 1.807) is 0 Å². The summed E-state index contributed by atoms with van der Waals surface area (Å²) in [6.07, 6.45) is 3.71. The molecule has 5 rings (SSSR count). The van der Waals surface area contributed by atoms with Gasteiger partial charge in [0.15, 0.2) is 0 Å². The summed E-state index contributed by atoms with van der Waals surface area (Å²) in [4.78, 5) is 15.6. The van der Waals surface area contributed by atoms with Crippen molar-refractivity contribution in [1.29, 1.82) is 0 Å². The van der Waals surface area contributed by atoms with Crippen molar-refractivity contribution in [1.82, 2.24) is 4.90 Å². The summed E-state index contributed by atoms with van der Waals surface area (Å²) in [5.41, 5.74) is 3.66. The lowest BCUT2D eigenvalue weighted by molar-refractivity contribution is -0.139. The number of rotatable bonds is 2. The molecule has 0 spiro atoms. The van der Waals surface area contributed by atoms with E-state index in [1.807, 2.05) is 6.07 Å². The van der Waals surface area contributed by atoms with Crippen molar-refractivity contribution in [3.05, 3.63) is 65.7 Å². The van der Waals surface area contributed by atoms with Crippen molar-refractivity contribution in [3.63, 3.8) is 0 Å². The fraction of sp³-hybridized carbons (Fsp3) is 0.409. The molecule has 128 valence electrons. The molecular formula is C22H24N2O. The summed E-state index contributed by atoms with van der Waals surface area (Å²) < 4.78 is 0. The van der Waals surface area contributed by atoms with Gasteiger partial charge in [-0.05, 0) is 48.3 Å². The van der Waals surface area contributed by atoms with Crippen LogP contribution in [0.3, 0.4) is 0 Å². The molecule has 0 saturated heterocycles.